The highest BCUT2D eigenvalue weighted by Gasteiger charge is 2.21. The van der Waals surface area contributed by atoms with Crippen molar-refractivity contribution in [3.05, 3.63) is 11.3 Å². The Morgan fingerprint density at radius 3 is 2.65 bits per heavy atom. The number of likely N-dealkylation sites (N-methyl/N-ethyl adjacent to an activating group) is 1. The number of methoxy groups -OCH3 is 1. The molecule has 0 aliphatic heterocycles. The molecule has 5 nitrogen and oxygen atoms in total. The third kappa shape index (κ3) is 3.96. The fraction of sp³-hybridized carbons (Fsp3) is 0.800. The fourth-order valence-corrected chi connectivity index (χ4v) is 2.65. The number of rotatable bonds is 9. The number of ether oxygens (including phenoxy) is 1. The molecule has 20 heavy (non-hydrogen) atoms. The summed E-state index contributed by atoms with van der Waals surface area (Å²) >= 11 is 0. The fourth-order valence-electron chi connectivity index (χ4n) is 2.65. The lowest BCUT2D eigenvalue weighted by Crippen LogP contribution is -2.38. The summed E-state index contributed by atoms with van der Waals surface area (Å²) in [5.74, 6) is 1.21. The number of nitrogens with zero attached hydrogens (tertiary/aromatic N) is 3. The summed E-state index contributed by atoms with van der Waals surface area (Å²) in [5, 5.41) is 8.08. The molecule has 1 aromatic heterocycles. The second kappa shape index (κ2) is 8.27. The van der Waals surface area contributed by atoms with Gasteiger partial charge in [-0.2, -0.15) is 5.10 Å². The average Bonchev–Trinajstić information content (AvgIpc) is 2.67. The maximum Gasteiger partial charge on any atom is 0.131 e. The topological polar surface area (TPSA) is 42.3 Å². The second-order valence-electron chi connectivity index (χ2n) is 5.28. The number of nitrogens with one attached hydrogen (secondary N) is 1. The Morgan fingerprint density at radius 1 is 1.40 bits per heavy atom. The normalized spacial score (nSPS) is 12.7. The molecule has 1 unspecified atom stereocenters. The van der Waals surface area contributed by atoms with Crippen LogP contribution in [0, 0.1) is 6.92 Å². The molecule has 116 valence electrons. The first-order chi connectivity index (χ1) is 9.56. The first-order valence-corrected chi connectivity index (χ1v) is 7.55. The third-order valence-corrected chi connectivity index (χ3v) is 3.59. The summed E-state index contributed by atoms with van der Waals surface area (Å²) < 4.78 is 7.30. The van der Waals surface area contributed by atoms with Gasteiger partial charge in [0.2, 0.25) is 0 Å². The predicted octanol–water partition coefficient (Wildman–Crippen LogP) is 2.09. The Balaban J connectivity index is 3.00. The number of hydrogen-bond donors (Lipinski definition) is 1. The van der Waals surface area contributed by atoms with Gasteiger partial charge in [0, 0.05) is 32.8 Å². The van der Waals surface area contributed by atoms with E-state index in [0.29, 0.717) is 6.04 Å². The van der Waals surface area contributed by atoms with Crippen LogP contribution in [0.3, 0.4) is 0 Å². The van der Waals surface area contributed by atoms with Crippen molar-refractivity contribution in [2.45, 2.75) is 46.7 Å². The van der Waals surface area contributed by atoms with Crippen molar-refractivity contribution in [3.63, 3.8) is 0 Å². The molecule has 1 rings (SSSR count). The van der Waals surface area contributed by atoms with Gasteiger partial charge in [-0.1, -0.05) is 6.92 Å². The minimum absolute atomic E-state index is 0.338. The van der Waals surface area contributed by atoms with Crippen molar-refractivity contribution >= 4 is 5.82 Å². The molecule has 0 fully saturated rings. The van der Waals surface area contributed by atoms with E-state index >= 15 is 0 Å². The predicted molar refractivity (Wildman–Crippen MR) is 84.3 cm³/mol. The van der Waals surface area contributed by atoms with Crippen LogP contribution in [-0.2, 0) is 18.3 Å². The molecule has 1 N–H and O–H groups in total. The number of aryl methyl sites for hydroxylation is 2. The lowest BCUT2D eigenvalue weighted by atomic mass is 10.2. The molecule has 0 saturated heterocycles. The highest BCUT2D eigenvalue weighted by Crippen LogP contribution is 2.25. The van der Waals surface area contributed by atoms with E-state index < -0.39 is 0 Å². The molecule has 0 radical (unpaired) electrons. The maximum atomic E-state index is 5.31. The lowest BCUT2D eigenvalue weighted by molar-refractivity contribution is 0.181. The number of hydrogen-bond acceptors (Lipinski definition) is 4. The van der Waals surface area contributed by atoms with Gasteiger partial charge in [0.15, 0.2) is 0 Å². The van der Waals surface area contributed by atoms with Gasteiger partial charge >= 0.3 is 0 Å². The van der Waals surface area contributed by atoms with Gasteiger partial charge in [-0.25, -0.2) is 0 Å². The number of aromatic nitrogens is 2. The zero-order valence-electron chi connectivity index (χ0n) is 13.9. The number of anilines is 1. The largest absolute Gasteiger partial charge is 0.383 e. The van der Waals surface area contributed by atoms with Crippen molar-refractivity contribution < 1.29 is 4.74 Å². The second-order valence-corrected chi connectivity index (χ2v) is 5.28. The molecular weight excluding hydrogens is 252 g/mol. The van der Waals surface area contributed by atoms with Crippen LogP contribution in [0.1, 0.15) is 38.4 Å². The van der Waals surface area contributed by atoms with Crippen molar-refractivity contribution in [2.24, 2.45) is 7.05 Å². The Labute approximate surface area is 123 Å². The molecule has 0 aliphatic carbocycles. The van der Waals surface area contributed by atoms with Gasteiger partial charge in [-0.3, -0.25) is 4.68 Å². The Hall–Kier alpha value is -1.07. The van der Waals surface area contributed by atoms with Gasteiger partial charge in [0.25, 0.3) is 0 Å². The van der Waals surface area contributed by atoms with E-state index in [9.17, 15) is 0 Å². The van der Waals surface area contributed by atoms with E-state index in [1.54, 1.807) is 7.11 Å². The zero-order valence-corrected chi connectivity index (χ0v) is 13.9. The molecule has 1 aromatic rings. The van der Waals surface area contributed by atoms with Crippen LogP contribution < -0.4 is 10.2 Å². The van der Waals surface area contributed by atoms with Crippen molar-refractivity contribution in [1.82, 2.24) is 15.1 Å². The molecule has 0 bridgehead atoms. The van der Waals surface area contributed by atoms with Crippen molar-refractivity contribution in [1.29, 1.82) is 0 Å². The molecule has 5 heteroatoms. The zero-order chi connectivity index (χ0) is 15.1. The molecule has 0 amide bonds. The summed E-state index contributed by atoms with van der Waals surface area (Å²) in [7, 11) is 3.77. The van der Waals surface area contributed by atoms with E-state index in [1.165, 1.54) is 11.4 Å². The van der Waals surface area contributed by atoms with Crippen molar-refractivity contribution in [3.8, 4) is 0 Å². The third-order valence-electron chi connectivity index (χ3n) is 3.59. The summed E-state index contributed by atoms with van der Waals surface area (Å²) in [5.41, 5.74) is 2.40. The van der Waals surface area contributed by atoms with Gasteiger partial charge in [0.1, 0.15) is 5.82 Å². The van der Waals surface area contributed by atoms with Crippen LogP contribution in [0.2, 0.25) is 0 Å². The molecule has 1 atom stereocenters. The summed E-state index contributed by atoms with van der Waals surface area (Å²) in [6, 6.07) is 0.338. The minimum atomic E-state index is 0.338. The quantitative estimate of drug-likeness (QED) is 0.704. The van der Waals surface area contributed by atoms with E-state index in [0.717, 1.165) is 38.4 Å². The summed E-state index contributed by atoms with van der Waals surface area (Å²) in [6.45, 7) is 12.2. The maximum absolute atomic E-state index is 5.31. The Kier molecular flexibility index (Phi) is 7.02. The smallest absolute Gasteiger partial charge is 0.131 e. The highest BCUT2D eigenvalue weighted by atomic mass is 16.5. The van der Waals surface area contributed by atoms with Crippen LogP contribution in [0.4, 0.5) is 5.82 Å². The average molecular weight is 282 g/mol. The lowest BCUT2D eigenvalue weighted by Gasteiger charge is -2.30. The standard InChI is InChI=1S/C15H30N4O/c1-7-9-16-10-14-13(4)17-18(5)15(14)19(8-2)12(3)11-20-6/h12,16H,7-11H2,1-6H3. The summed E-state index contributed by atoms with van der Waals surface area (Å²) in [4.78, 5) is 2.37. The highest BCUT2D eigenvalue weighted by molar-refractivity contribution is 5.51. The SMILES string of the molecule is CCCNCc1c(C)nn(C)c1N(CC)C(C)COC. The van der Waals surface area contributed by atoms with Crippen LogP contribution in [-0.4, -0.2) is 42.6 Å². The minimum Gasteiger partial charge on any atom is -0.383 e. The van der Waals surface area contributed by atoms with Gasteiger partial charge in [0.05, 0.1) is 18.3 Å². The molecule has 1 heterocycles. The van der Waals surface area contributed by atoms with Crippen LogP contribution in [0.25, 0.3) is 0 Å². The van der Waals surface area contributed by atoms with E-state index in [1.807, 2.05) is 11.7 Å². The summed E-state index contributed by atoms with van der Waals surface area (Å²) in [6.07, 6.45) is 1.15. The van der Waals surface area contributed by atoms with E-state index in [-0.39, 0.29) is 0 Å². The Bertz CT molecular complexity index is 403. The first-order valence-electron chi connectivity index (χ1n) is 7.55. The van der Waals surface area contributed by atoms with Gasteiger partial charge in [-0.15, -0.1) is 0 Å². The van der Waals surface area contributed by atoms with E-state index in [2.05, 4.69) is 43.0 Å². The van der Waals surface area contributed by atoms with Gasteiger partial charge in [-0.05, 0) is 33.7 Å². The van der Waals surface area contributed by atoms with E-state index in [4.69, 9.17) is 4.74 Å². The molecule has 0 saturated carbocycles. The molecule has 0 aliphatic rings. The first kappa shape index (κ1) is 17.0. The van der Waals surface area contributed by atoms with Crippen molar-refractivity contribution in [2.75, 3.05) is 31.7 Å². The Morgan fingerprint density at radius 2 is 2.10 bits per heavy atom. The molecule has 0 aromatic carbocycles. The van der Waals surface area contributed by atoms with Crippen LogP contribution >= 0.6 is 0 Å². The van der Waals surface area contributed by atoms with Gasteiger partial charge < -0.3 is 15.0 Å². The monoisotopic (exact) mass is 282 g/mol. The molecular formula is C15H30N4O. The molecule has 0 spiro atoms. The van der Waals surface area contributed by atoms with Crippen LogP contribution in [0.5, 0.6) is 0 Å². The van der Waals surface area contributed by atoms with Crippen LogP contribution in [0.15, 0.2) is 0 Å².